The van der Waals surface area contributed by atoms with Gasteiger partial charge in [-0.1, -0.05) is 19.8 Å². The first-order chi connectivity index (χ1) is 4.75. The lowest BCUT2D eigenvalue weighted by Gasteiger charge is -2.32. The molecule has 1 aliphatic rings. The number of rotatable bonds is 1. The molecule has 0 spiro atoms. The molecule has 1 fully saturated rings. The van der Waals surface area contributed by atoms with E-state index >= 15 is 0 Å². The maximum Gasteiger partial charge on any atom is 0.0220 e. The van der Waals surface area contributed by atoms with Crippen LogP contribution in [0.5, 0.6) is 0 Å². The van der Waals surface area contributed by atoms with Crippen LogP contribution in [0.25, 0.3) is 0 Å². The Balaban J connectivity index is 2.42. The summed E-state index contributed by atoms with van der Waals surface area (Å²) in [6.07, 6.45) is 4.87. The van der Waals surface area contributed by atoms with E-state index in [0.717, 1.165) is 6.42 Å². The Morgan fingerprint density at radius 2 is 2.00 bits per heavy atom. The van der Waals surface area contributed by atoms with Gasteiger partial charge in [0.05, 0.1) is 0 Å². The van der Waals surface area contributed by atoms with Gasteiger partial charge < -0.3 is 11.5 Å². The predicted molar refractivity (Wildman–Crippen MR) is 43.6 cm³/mol. The van der Waals surface area contributed by atoms with Gasteiger partial charge in [-0.25, -0.2) is 0 Å². The minimum Gasteiger partial charge on any atom is -0.326 e. The summed E-state index contributed by atoms with van der Waals surface area (Å²) in [6.45, 7) is 2.20. The second-order valence-corrected chi connectivity index (χ2v) is 3.34. The largest absolute Gasteiger partial charge is 0.326 e. The zero-order chi connectivity index (χ0) is 7.56. The van der Waals surface area contributed by atoms with Crippen LogP contribution in [-0.2, 0) is 0 Å². The summed E-state index contributed by atoms with van der Waals surface area (Å²) in [4.78, 5) is 0. The molecule has 4 N–H and O–H groups in total. The molecule has 0 unspecified atom stereocenters. The Bertz CT molecular complexity index is 103. The lowest BCUT2D eigenvalue weighted by Crippen LogP contribution is -2.48. The zero-order valence-electron chi connectivity index (χ0n) is 6.72. The lowest BCUT2D eigenvalue weighted by atomic mass is 9.80. The fourth-order valence-corrected chi connectivity index (χ4v) is 1.83. The highest BCUT2D eigenvalue weighted by Gasteiger charge is 2.26. The van der Waals surface area contributed by atoms with Crippen molar-refractivity contribution in [2.75, 3.05) is 0 Å². The topological polar surface area (TPSA) is 52.0 Å². The molecule has 0 saturated heterocycles. The molecule has 1 aliphatic carbocycles. The standard InChI is InChI=1S/C8H18N2/c1-2-6-4-3-5-7(9)8(6)10/h6-8H,2-5,9-10H2,1H3/t6-,7-,8-/m1/s1. The van der Waals surface area contributed by atoms with Crippen LogP contribution in [-0.4, -0.2) is 12.1 Å². The highest BCUT2D eigenvalue weighted by atomic mass is 14.8. The third-order valence-electron chi connectivity index (χ3n) is 2.68. The van der Waals surface area contributed by atoms with Crippen LogP contribution < -0.4 is 11.5 Å². The molecule has 10 heavy (non-hydrogen) atoms. The molecule has 0 aromatic rings. The second kappa shape index (κ2) is 3.35. The Morgan fingerprint density at radius 1 is 1.30 bits per heavy atom. The normalized spacial score (nSPS) is 41.7. The van der Waals surface area contributed by atoms with Gasteiger partial charge in [-0.05, 0) is 18.8 Å². The van der Waals surface area contributed by atoms with E-state index in [1.165, 1.54) is 19.3 Å². The Kier molecular flexibility index (Phi) is 2.69. The van der Waals surface area contributed by atoms with Gasteiger partial charge in [0.25, 0.3) is 0 Å². The van der Waals surface area contributed by atoms with Crippen molar-refractivity contribution in [3.63, 3.8) is 0 Å². The smallest absolute Gasteiger partial charge is 0.0220 e. The van der Waals surface area contributed by atoms with E-state index in [2.05, 4.69) is 6.92 Å². The SMILES string of the molecule is CC[C@@H]1CCC[C@@H](N)[C@@H]1N. The van der Waals surface area contributed by atoms with Crippen LogP contribution in [0.4, 0.5) is 0 Å². The van der Waals surface area contributed by atoms with Gasteiger partial charge in [-0.15, -0.1) is 0 Å². The Hall–Kier alpha value is -0.0800. The third kappa shape index (κ3) is 1.50. The number of hydrogen-bond donors (Lipinski definition) is 2. The maximum atomic E-state index is 5.91. The van der Waals surface area contributed by atoms with Crippen LogP contribution in [0.1, 0.15) is 32.6 Å². The zero-order valence-corrected chi connectivity index (χ0v) is 6.72. The minimum atomic E-state index is 0.263. The van der Waals surface area contributed by atoms with Crippen molar-refractivity contribution < 1.29 is 0 Å². The second-order valence-electron chi connectivity index (χ2n) is 3.34. The molecule has 0 aliphatic heterocycles. The van der Waals surface area contributed by atoms with Crippen molar-refractivity contribution in [3.8, 4) is 0 Å². The molecule has 3 atom stereocenters. The van der Waals surface area contributed by atoms with Crippen LogP contribution in [0, 0.1) is 5.92 Å². The molecule has 0 bridgehead atoms. The van der Waals surface area contributed by atoms with Crippen molar-refractivity contribution >= 4 is 0 Å². The molecular weight excluding hydrogens is 124 g/mol. The van der Waals surface area contributed by atoms with E-state index in [9.17, 15) is 0 Å². The summed E-state index contributed by atoms with van der Waals surface area (Å²) in [7, 11) is 0. The molecule has 0 aromatic heterocycles. The van der Waals surface area contributed by atoms with Crippen molar-refractivity contribution in [1.29, 1.82) is 0 Å². The van der Waals surface area contributed by atoms with Gasteiger partial charge in [-0.3, -0.25) is 0 Å². The van der Waals surface area contributed by atoms with Crippen LogP contribution in [0.2, 0.25) is 0 Å². The van der Waals surface area contributed by atoms with Gasteiger partial charge in [0.1, 0.15) is 0 Å². The van der Waals surface area contributed by atoms with Crippen LogP contribution in [0.3, 0.4) is 0 Å². The Morgan fingerprint density at radius 3 is 2.50 bits per heavy atom. The van der Waals surface area contributed by atoms with E-state index in [1.807, 2.05) is 0 Å². The minimum absolute atomic E-state index is 0.263. The van der Waals surface area contributed by atoms with Crippen molar-refractivity contribution in [3.05, 3.63) is 0 Å². The van der Waals surface area contributed by atoms with Gasteiger partial charge in [0.15, 0.2) is 0 Å². The molecule has 2 nitrogen and oxygen atoms in total. The molecule has 0 amide bonds. The van der Waals surface area contributed by atoms with E-state index < -0.39 is 0 Å². The first-order valence-electron chi connectivity index (χ1n) is 4.27. The average Bonchev–Trinajstić information content (AvgIpc) is 1.95. The van der Waals surface area contributed by atoms with Gasteiger partial charge in [0, 0.05) is 12.1 Å². The first kappa shape index (κ1) is 8.02. The van der Waals surface area contributed by atoms with Crippen LogP contribution >= 0.6 is 0 Å². The first-order valence-corrected chi connectivity index (χ1v) is 4.27. The summed E-state index contributed by atoms with van der Waals surface area (Å²) in [5.41, 5.74) is 11.7. The van der Waals surface area contributed by atoms with E-state index in [4.69, 9.17) is 11.5 Å². The monoisotopic (exact) mass is 142 g/mol. The lowest BCUT2D eigenvalue weighted by molar-refractivity contribution is 0.267. The fraction of sp³-hybridized carbons (Fsp3) is 1.00. The molecular formula is C8H18N2. The van der Waals surface area contributed by atoms with E-state index in [-0.39, 0.29) is 12.1 Å². The highest BCUT2D eigenvalue weighted by Crippen LogP contribution is 2.24. The van der Waals surface area contributed by atoms with Crippen molar-refractivity contribution in [1.82, 2.24) is 0 Å². The molecule has 0 radical (unpaired) electrons. The van der Waals surface area contributed by atoms with Gasteiger partial charge in [0.2, 0.25) is 0 Å². The summed E-state index contributed by atoms with van der Waals surface area (Å²) in [5, 5.41) is 0. The highest BCUT2D eigenvalue weighted by molar-refractivity contribution is 4.86. The quantitative estimate of drug-likeness (QED) is 0.570. The molecule has 0 heterocycles. The molecule has 60 valence electrons. The third-order valence-corrected chi connectivity index (χ3v) is 2.68. The van der Waals surface area contributed by atoms with Gasteiger partial charge in [-0.2, -0.15) is 0 Å². The molecule has 0 aromatic carbocycles. The molecule has 2 heteroatoms. The van der Waals surface area contributed by atoms with E-state index in [0.29, 0.717) is 5.92 Å². The molecule has 1 saturated carbocycles. The van der Waals surface area contributed by atoms with Crippen LogP contribution in [0.15, 0.2) is 0 Å². The fourth-order valence-electron chi connectivity index (χ4n) is 1.83. The number of hydrogen-bond acceptors (Lipinski definition) is 2. The average molecular weight is 142 g/mol. The van der Waals surface area contributed by atoms with Crippen molar-refractivity contribution in [2.45, 2.75) is 44.7 Å². The molecule has 1 rings (SSSR count). The summed E-state index contributed by atoms with van der Waals surface area (Å²) in [6, 6.07) is 0.525. The summed E-state index contributed by atoms with van der Waals surface area (Å²) in [5.74, 6) is 0.684. The van der Waals surface area contributed by atoms with Crippen molar-refractivity contribution in [2.24, 2.45) is 17.4 Å². The van der Waals surface area contributed by atoms with E-state index in [1.54, 1.807) is 0 Å². The van der Waals surface area contributed by atoms with Gasteiger partial charge >= 0.3 is 0 Å². The summed E-state index contributed by atoms with van der Waals surface area (Å²) >= 11 is 0. The Labute approximate surface area is 63.0 Å². The maximum absolute atomic E-state index is 5.91. The summed E-state index contributed by atoms with van der Waals surface area (Å²) < 4.78 is 0. The number of nitrogens with two attached hydrogens (primary N) is 2. The predicted octanol–water partition coefficient (Wildman–Crippen LogP) is 0.851.